The van der Waals surface area contributed by atoms with Crippen molar-refractivity contribution in [2.75, 3.05) is 11.9 Å². The Kier molecular flexibility index (Phi) is 3.45. The van der Waals surface area contributed by atoms with Gasteiger partial charge in [-0.2, -0.15) is 0 Å². The van der Waals surface area contributed by atoms with Crippen molar-refractivity contribution < 1.29 is 4.79 Å². The van der Waals surface area contributed by atoms with Crippen molar-refractivity contribution in [3.05, 3.63) is 63.9 Å². The molecule has 1 heterocycles. The van der Waals surface area contributed by atoms with Crippen LogP contribution in [-0.4, -0.2) is 17.3 Å². The van der Waals surface area contributed by atoms with E-state index in [-0.39, 0.29) is 11.3 Å². The van der Waals surface area contributed by atoms with Crippen LogP contribution >= 0.6 is 0 Å². The molecule has 0 bridgehead atoms. The van der Waals surface area contributed by atoms with Crippen LogP contribution in [0.1, 0.15) is 35.7 Å². The molecule has 3 aromatic rings. The molecule has 120 valence electrons. The van der Waals surface area contributed by atoms with Gasteiger partial charge in [-0.25, -0.2) is 0 Å². The molecule has 4 nitrogen and oxygen atoms in total. The summed E-state index contributed by atoms with van der Waals surface area (Å²) in [6.45, 7) is 2.85. The Hall–Kier alpha value is -2.88. The Morgan fingerprint density at radius 2 is 1.71 bits per heavy atom. The minimum absolute atomic E-state index is 0.00950. The number of pyridine rings is 1. The predicted octanol–water partition coefficient (Wildman–Crippen LogP) is 3.95. The lowest BCUT2D eigenvalue weighted by atomic mass is 9.83. The van der Waals surface area contributed by atoms with Crippen LogP contribution in [0.15, 0.2) is 47.3 Å². The van der Waals surface area contributed by atoms with E-state index in [0.29, 0.717) is 22.3 Å². The topological polar surface area (TPSA) is 62.0 Å². The lowest BCUT2D eigenvalue weighted by Gasteiger charge is -2.22. The highest BCUT2D eigenvalue weighted by molar-refractivity contribution is 6.26. The second kappa shape index (κ2) is 5.64. The Morgan fingerprint density at radius 1 is 0.958 bits per heavy atom. The number of benzene rings is 2. The predicted molar refractivity (Wildman–Crippen MR) is 96.8 cm³/mol. The summed E-state index contributed by atoms with van der Waals surface area (Å²) >= 11 is 0. The van der Waals surface area contributed by atoms with Gasteiger partial charge in [-0.15, -0.1) is 0 Å². The summed E-state index contributed by atoms with van der Waals surface area (Å²) in [4.78, 5) is 28.4. The van der Waals surface area contributed by atoms with Crippen LogP contribution in [0.5, 0.6) is 0 Å². The number of unbranched alkanes of at least 4 members (excludes halogenated alkanes) is 1. The van der Waals surface area contributed by atoms with Gasteiger partial charge in [0, 0.05) is 34.1 Å². The minimum atomic E-state index is -0.144. The summed E-state index contributed by atoms with van der Waals surface area (Å²) in [6.07, 6.45) is 2.04. The molecule has 0 unspecified atom stereocenters. The number of rotatable bonds is 4. The largest absolute Gasteiger partial charge is 0.380 e. The molecule has 2 aromatic carbocycles. The molecule has 0 saturated carbocycles. The van der Waals surface area contributed by atoms with Crippen LogP contribution in [0, 0.1) is 0 Å². The normalized spacial score (nSPS) is 12.3. The molecule has 1 aliphatic carbocycles. The van der Waals surface area contributed by atoms with E-state index in [0.717, 1.165) is 35.9 Å². The zero-order valence-electron chi connectivity index (χ0n) is 13.5. The number of anilines is 1. The summed E-state index contributed by atoms with van der Waals surface area (Å²) < 4.78 is 0. The summed E-state index contributed by atoms with van der Waals surface area (Å²) in [5.74, 6) is 0.00950. The number of H-pyrrole nitrogens is 1. The van der Waals surface area contributed by atoms with Crippen molar-refractivity contribution in [3.8, 4) is 11.1 Å². The Bertz CT molecular complexity index is 1020. The van der Waals surface area contributed by atoms with Crippen molar-refractivity contribution in [1.82, 2.24) is 4.98 Å². The van der Waals surface area contributed by atoms with Gasteiger partial charge in [-0.3, -0.25) is 9.59 Å². The molecular weight excluding hydrogens is 300 g/mol. The van der Waals surface area contributed by atoms with E-state index in [1.807, 2.05) is 42.5 Å². The number of carbonyl (C=O) groups is 1. The zero-order valence-corrected chi connectivity index (χ0v) is 13.5. The lowest BCUT2D eigenvalue weighted by Crippen LogP contribution is -2.20. The van der Waals surface area contributed by atoms with Crippen molar-refractivity contribution in [2.24, 2.45) is 0 Å². The van der Waals surface area contributed by atoms with Crippen LogP contribution in [-0.2, 0) is 0 Å². The lowest BCUT2D eigenvalue weighted by molar-refractivity contribution is 0.104. The average molecular weight is 318 g/mol. The van der Waals surface area contributed by atoms with Crippen molar-refractivity contribution in [3.63, 3.8) is 0 Å². The number of hydrogen-bond acceptors (Lipinski definition) is 3. The van der Waals surface area contributed by atoms with Gasteiger partial charge >= 0.3 is 0 Å². The molecule has 4 heteroatoms. The maximum absolute atomic E-state index is 12.8. The van der Waals surface area contributed by atoms with Crippen LogP contribution in [0.2, 0.25) is 0 Å². The minimum Gasteiger partial charge on any atom is -0.380 e. The fourth-order valence-electron chi connectivity index (χ4n) is 3.41. The van der Waals surface area contributed by atoms with Crippen LogP contribution < -0.4 is 10.9 Å². The second-order valence-corrected chi connectivity index (χ2v) is 6.09. The van der Waals surface area contributed by atoms with Gasteiger partial charge in [0.25, 0.3) is 5.56 Å². The molecule has 1 aromatic heterocycles. The monoisotopic (exact) mass is 318 g/mol. The fourth-order valence-corrected chi connectivity index (χ4v) is 3.41. The zero-order chi connectivity index (χ0) is 16.7. The SMILES string of the molecule is CCCCNc1c2c3c(cccc3[nH]c1=O)C(=O)c1ccccc1-2. The Balaban J connectivity index is 2.09. The highest BCUT2D eigenvalue weighted by atomic mass is 16.1. The number of fused-ring (bicyclic) bond motifs is 2. The van der Waals surface area contributed by atoms with E-state index in [1.165, 1.54) is 0 Å². The van der Waals surface area contributed by atoms with Crippen molar-refractivity contribution in [1.29, 1.82) is 0 Å². The van der Waals surface area contributed by atoms with E-state index in [4.69, 9.17) is 0 Å². The van der Waals surface area contributed by atoms with Gasteiger partial charge in [0.15, 0.2) is 5.78 Å². The highest BCUT2D eigenvalue weighted by Gasteiger charge is 2.28. The first-order valence-electron chi connectivity index (χ1n) is 8.29. The molecule has 0 saturated heterocycles. The molecule has 0 radical (unpaired) electrons. The smallest absolute Gasteiger partial charge is 0.272 e. The number of aromatic amines is 1. The first-order chi connectivity index (χ1) is 11.7. The summed E-state index contributed by atoms with van der Waals surface area (Å²) in [5, 5.41) is 4.12. The molecule has 0 atom stereocenters. The molecule has 0 amide bonds. The van der Waals surface area contributed by atoms with Gasteiger partial charge < -0.3 is 10.3 Å². The third kappa shape index (κ3) is 2.07. The Morgan fingerprint density at radius 3 is 2.50 bits per heavy atom. The molecule has 4 rings (SSSR count). The highest BCUT2D eigenvalue weighted by Crippen LogP contribution is 2.41. The van der Waals surface area contributed by atoms with Crippen LogP contribution in [0.4, 0.5) is 5.69 Å². The molecular formula is C20H18N2O2. The van der Waals surface area contributed by atoms with Gasteiger partial charge in [0.1, 0.15) is 5.69 Å². The molecule has 0 spiro atoms. The molecule has 0 fully saturated rings. The second-order valence-electron chi connectivity index (χ2n) is 6.09. The van der Waals surface area contributed by atoms with Gasteiger partial charge in [-0.1, -0.05) is 49.7 Å². The number of ketones is 1. The summed E-state index contributed by atoms with van der Waals surface area (Å²) in [7, 11) is 0. The van der Waals surface area contributed by atoms with Gasteiger partial charge in [-0.05, 0) is 18.1 Å². The number of nitrogens with one attached hydrogen (secondary N) is 2. The fraction of sp³-hybridized carbons (Fsp3) is 0.200. The summed E-state index contributed by atoms with van der Waals surface area (Å²) in [6, 6.07) is 13.0. The molecule has 1 aliphatic rings. The van der Waals surface area contributed by atoms with E-state index in [1.54, 1.807) is 0 Å². The van der Waals surface area contributed by atoms with E-state index in [2.05, 4.69) is 17.2 Å². The third-order valence-corrected chi connectivity index (χ3v) is 4.56. The average Bonchev–Trinajstić information content (AvgIpc) is 2.60. The van der Waals surface area contributed by atoms with E-state index >= 15 is 0 Å². The van der Waals surface area contributed by atoms with Crippen LogP contribution in [0.3, 0.4) is 0 Å². The van der Waals surface area contributed by atoms with E-state index < -0.39 is 0 Å². The molecule has 2 N–H and O–H groups in total. The quantitative estimate of drug-likeness (QED) is 0.560. The Labute approximate surface area is 139 Å². The first-order valence-corrected chi connectivity index (χ1v) is 8.29. The van der Waals surface area contributed by atoms with Gasteiger partial charge in [0.05, 0.1) is 0 Å². The van der Waals surface area contributed by atoms with Gasteiger partial charge in [0.2, 0.25) is 0 Å². The van der Waals surface area contributed by atoms with Crippen molar-refractivity contribution >= 4 is 22.4 Å². The third-order valence-electron chi connectivity index (χ3n) is 4.56. The molecule has 0 aliphatic heterocycles. The summed E-state index contributed by atoms with van der Waals surface area (Å²) in [5.41, 5.74) is 4.10. The molecule has 24 heavy (non-hydrogen) atoms. The maximum Gasteiger partial charge on any atom is 0.272 e. The maximum atomic E-state index is 12.8. The standard InChI is InChI=1S/C20H18N2O2/c1-2-3-11-21-18-17-12-7-4-5-8-13(12)19(23)14-9-6-10-15(16(14)17)22-20(18)24/h4-10,21H,2-3,11H2,1H3,(H,22,24). The first kappa shape index (κ1) is 14.7. The number of carbonyl (C=O) groups excluding carboxylic acids is 1. The van der Waals surface area contributed by atoms with Crippen molar-refractivity contribution in [2.45, 2.75) is 19.8 Å². The number of aromatic nitrogens is 1. The van der Waals surface area contributed by atoms with Crippen LogP contribution in [0.25, 0.3) is 22.0 Å². The number of hydrogen-bond donors (Lipinski definition) is 2. The van der Waals surface area contributed by atoms with E-state index in [9.17, 15) is 9.59 Å².